The Balaban J connectivity index is 1.66. The number of benzene rings is 2. The number of furan rings is 1. The number of carbonyl (C=O) groups excluding carboxylic acids is 1. The normalized spacial score (nSPS) is 21.4. The summed E-state index contributed by atoms with van der Waals surface area (Å²) in [7, 11) is 0. The number of rotatable bonds is 1. The molecular formula is C21H17FN2O3. The number of nitrogens with zero attached hydrogens (tertiary/aromatic N) is 2. The number of amidine groups is 1. The molecule has 1 aromatic heterocycles. The minimum atomic E-state index is -1.73. The zero-order valence-electron chi connectivity index (χ0n) is 14.9. The van der Waals surface area contributed by atoms with Gasteiger partial charge in [-0.05, 0) is 55.8 Å². The van der Waals surface area contributed by atoms with Crippen LogP contribution < -0.4 is 4.90 Å². The number of halogens is 1. The molecule has 2 aliphatic rings. The highest BCUT2D eigenvalue weighted by Crippen LogP contribution is 2.40. The van der Waals surface area contributed by atoms with Crippen molar-refractivity contribution in [2.24, 2.45) is 4.99 Å². The Morgan fingerprint density at radius 2 is 2.04 bits per heavy atom. The molecule has 0 saturated carbocycles. The Labute approximate surface area is 154 Å². The standard InChI is InChI=1S/C21H17FN2O3/c1-11-7-17-15(10-16(11)22)19(25)21(26)5-6-24(20(21)23-17)14-3-4-18-13(9-14)8-12(2)27-18/h3-4,7-10,26H,5-6H2,1-2H3. The van der Waals surface area contributed by atoms with Crippen LogP contribution in [0.1, 0.15) is 28.1 Å². The van der Waals surface area contributed by atoms with Gasteiger partial charge in [0.15, 0.2) is 5.60 Å². The van der Waals surface area contributed by atoms with Crippen molar-refractivity contribution >= 4 is 34.0 Å². The van der Waals surface area contributed by atoms with Gasteiger partial charge in [-0.15, -0.1) is 0 Å². The van der Waals surface area contributed by atoms with Gasteiger partial charge in [0.2, 0.25) is 5.78 Å². The van der Waals surface area contributed by atoms with E-state index in [0.717, 1.165) is 22.4 Å². The molecule has 1 atom stereocenters. The Hall–Kier alpha value is -2.99. The van der Waals surface area contributed by atoms with Crippen molar-refractivity contribution < 1.29 is 18.7 Å². The topological polar surface area (TPSA) is 66.0 Å². The lowest BCUT2D eigenvalue weighted by Gasteiger charge is -2.30. The lowest BCUT2D eigenvalue weighted by Crippen LogP contribution is -2.48. The lowest BCUT2D eigenvalue weighted by molar-refractivity contribution is 0.0601. The number of aryl methyl sites for hydroxylation is 2. The highest BCUT2D eigenvalue weighted by Gasteiger charge is 2.52. The summed E-state index contributed by atoms with van der Waals surface area (Å²) in [6.07, 6.45) is 0.210. The second-order valence-electron chi connectivity index (χ2n) is 7.22. The average Bonchev–Trinajstić information content (AvgIpc) is 3.16. The zero-order chi connectivity index (χ0) is 18.9. The molecule has 136 valence electrons. The average molecular weight is 364 g/mol. The molecule has 2 aliphatic heterocycles. The summed E-state index contributed by atoms with van der Waals surface area (Å²) in [4.78, 5) is 19.3. The molecule has 0 bridgehead atoms. The number of hydrogen-bond donors (Lipinski definition) is 1. The predicted molar refractivity (Wildman–Crippen MR) is 100 cm³/mol. The van der Waals surface area contributed by atoms with Crippen LogP contribution in [0.5, 0.6) is 0 Å². The van der Waals surface area contributed by atoms with Crippen molar-refractivity contribution in [3.63, 3.8) is 0 Å². The van der Waals surface area contributed by atoms with Crippen molar-refractivity contribution in [2.45, 2.75) is 25.9 Å². The Morgan fingerprint density at radius 1 is 1.22 bits per heavy atom. The number of aliphatic imine (C=N–C) groups is 1. The van der Waals surface area contributed by atoms with Crippen LogP contribution >= 0.6 is 0 Å². The maximum Gasteiger partial charge on any atom is 0.204 e. The fourth-order valence-corrected chi connectivity index (χ4v) is 3.94. The fraction of sp³-hybridized carbons (Fsp3) is 0.238. The summed E-state index contributed by atoms with van der Waals surface area (Å²) in [5.41, 5.74) is 0.821. The molecule has 27 heavy (non-hydrogen) atoms. The molecule has 6 heteroatoms. The summed E-state index contributed by atoms with van der Waals surface area (Å²) in [5.74, 6) is 0.145. The lowest BCUT2D eigenvalue weighted by atomic mass is 9.87. The second-order valence-corrected chi connectivity index (χ2v) is 7.22. The largest absolute Gasteiger partial charge is 0.461 e. The van der Waals surface area contributed by atoms with Gasteiger partial charge in [0.05, 0.1) is 5.69 Å². The van der Waals surface area contributed by atoms with E-state index >= 15 is 0 Å². The highest BCUT2D eigenvalue weighted by atomic mass is 19.1. The molecule has 1 saturated heterocycles. The van der Waals surface area contributed by atoms with Crippen molar-refractivity contribution in [3.05, 3.63) is 59.1 Å². The number of fused-ring (bicyclic) bond motifs is 3. The third-order valence-electron chi connectivity index (χ3n) is 5.38. The SMILES string of the molecule is Cc1cc2cc(N3CCC4(O)C(=O)c5cc(F)c(C)cc5N=C34)ccc2o1. The van der Waals surface area contributed by atoms with Gasteiger partial charge in [-0.1, -0.05) is 0 Å². The highest BCUT2D eigenvalue weighted by molar-refractivity contribution is 6.28. The minimum Gasteiger partial charge on any atom is -0.461 e. The molecule has 0 spiro atoms. The van der Waals surface area contributed by atoms with Crippen LogP contribution in [-0.4, -0.2) is 28.9 Å². The summed E-state index contributed by atoms with van der Waals surface area (Å²) in [5, 5.41) is 12.0. The van der Waals surface area contributed by atoms with Gasteiger partial charge < -0.3 is 14.4 Å². The number of aliphatic hydroxyl groups is 1. The van der Waals surface area contributed by atoms with Crippen LogP contribution in [0.2, 0.25) is 0 Å². The van der Waals surface area contributed by atoms with E-state index in [1.165, 1.54) is 6.07 Å². The van der Waals surface area contributed by atoms with Crippen molar-refractivity contribution in [2.75, 3.05) is 11.4 Å². The van der Waals surface area contributed by atoms with Crippen LogP contribution in [0.25, 0.3) is 11.0 Å². The van der Waals surface area contributed by atoms with E-state index in [1.54, 1.807) is 13.0 Å². The van der Waals surface area contributed by atoms with Gasteiger partial charge in [0.25, 0.3) is 0 Å². The maximum absolute atomic E-state index is 13.9. The molecule has 1 fully saturated rings. The molecule has 0 amide bonds. The zero-order valence-corrected chi connectivity index (χ0v) is 14.9. The van der Waals surface area contributed by atoms with Crippen LogP contribution in [0, 0.1) is 19.7 Å². The first-order chi connectivity index (χ1) is 12.9. The van der Waals surface area contributed by atoms with E-state index in [2.05, 4.69) is 4.99 Å². The van der Waals surface area contributed by atoms with Crippen LogP contribution in [0.15, 0.2) is 45.8 Å². The summed E-state index contributed by atoms with van der Waals surface area (Å²) in [6.45, 7) is 3.96. The van der Waals surface area contributed by atoms with Crippen LogP contribution in [-0.2, 0) is 0 Å². The Kier molecular flexibility index (Phi) is 3.16. The van der Waals surface area contributed by atoms with Gasteiger partial charge in [-0.2, -0.15) is 0 Å². The van der Waals surface area contributed by atoms with E-state index in [9.17, 15) is 14.3 Å². The number of hydrogen-bond acceptors (Lipinski definition) is 5. The molecule has 5 rings (SSSR count). The molecule has 3 aromatic rings. The Bertz CT molecular complexity index is 1160. The molecule has 1 unspecified atom stereocenters. The van der Waals surface area contributed by atoms with Crippen molar-refractivity contribution in [3.8, 4) is 0 Å². The predicted octanol–water partition coefficient (Wildman–Crippen LogP) is 4.06. The Morgan fingerprint density at radius 3 is 2.85 bits per heavy atom. The third-order valence-corrected chi connectivity index (χ3v) is 5.38. The van der Waals surface area contributed by atoms with E-state index < -0.39 is 17.2 Å². The van der Waals surface area contributed by atoms with Gasteiger partial charge in [0.1, 0.15) is 23.0 Å². The van der Waals surface area contributed by atoms with Crippen molar-refractivity contribution in [1.82, 2.24) is 0 Å². The summed E-state index contributed by atoms with van der Waals surface area (Å²) in [6, 6.07) is 10.4. The van der Waals surface area contributed by atoms with Crippen LogP contribution in [0.4, 0.5) is 15.8 Å². The number of carbonyl (C=O) groups is 1. The molecule has 3 heterocycles. The quantitative estimate of drug-likeness (QED) is 0.707. The minimum absolute atomic E-state index is 0.132. The molecule has 5 nitrogen and oxygen atoms in total. The first-order valence-electron chi connectivity index (χ1n) is 8.81. The maximum atomic E-state index is 13.9. The number of anilines is 1. The second kappa shape index (κ2) is 5.27. The fourth-order valence-electron chi connectivity index (χ4n) is 3.94. The molecule has 0 aliphatic carbocycles. The molecule has 1 N–H and O–H groups in total. The molecule has 2 aromatic carbocycles. The molecule has 0 radical (unpaired) electrons. The van der Waals surface area contributed by atoms with Gasteiger partial charge in [-0.25, -0.2) is 9.38 Å². The van der Waals surface area contributed by atoms with Crippen molar-refractivity contribution in [1.29, 1.82) is 0 Å². The molecular weight excluding hydrogens is 347 g/mol. The summed E-state index contributed by atoms with van der Waals surface area (Å²) >= 11 is 0. The van der Waals surface area contributed by atoms with E-state index in [4.69, 9.17) is 4.42 Å². The smallest absolute Gasteiger partial charge is 0.204 e. The van der Waals surface area contributed by atoms with Crippen LogP contribution in [0.3, 0.4) is 0 Å². The van der Waals surface area contributed by atoms with Gasteiger partial charge >= 0.3 is 0 Å². The summed E-state index contributed by atoms with van der Waals surface area (Å²) < 4.78 is 19.6. The third kappa shape index (κ3) is 2.20. The number of ketones is 1. The van der Waals surface area contributed by atoms with E-state index in [0.29, 0.717) is 23.6 Å². The number of Topliss-reactive ketones (excluding diaryl/α,β-unsaturated/α-hetero) is 1. The first-order valence-corrected chi connectivity index (χ1v) is 8.81. The van der Waals surface area contributed by atoms with Gasteiger partial charge in [-0.3, -0.25) is 4.79 Å². The van der Waals surface area contributed by atoms with Gasteiger partial charge in [0, 0.05) is 29.6 Å². The van der Waals surface area contributed by atoms with E-state index in [1.807, 2.05) is 36.1 Å². The van der Waals surface area contributed by atoms with E-state index in [-0.39, 0.29) is 12.0 Å². The monoisotopic (exact) mass is 364 g/mol. The first kappa shape index (κ1) is 16.2.